The van der Waals surface area contributed by atoms with E-state index >= 15 is 0 Å². The van der Waals surface area contributed by atoms with Gasteiger partial charge in [0.2, 0.25) is 0 Å². The van der Waals surface area contributed by atoms with Gasteiger partial charge >= 0.3 is 0 Å². The van der Waals surface area contributed by atoms with Gasteiger partial charge in [-0.3, -0.25) is 0 Å². The first-order valence-electron chi connectivity index (χ1n) is 3.95. The van der Waals surface area contributed by atoms with Gasteiger partial charge in [0.25, 0.3) is 0 Å². The standard InChI is InChI=1S/C9H15ClO/c1-9(6-8-11)5-3-2-4-7-10/h2,4,8-9H,3,5-7H2,1H3/b4-2-/t9-/m0/s1. The molecule has 0 amide bonds. The highest BCUT2D eigenvalue weighted by atomic mass is 35.5. The molecule has 0 N–H and O–H groups in total. The van der Waals surface area contributed by atoms with Gasteiger partial charge in [-0.15, -0.1) is 11.6 Å². The van der Waals surface area contributed by atoms with Crippen molar-refractivity contribution in [1.29, 1.82) is 0 Å². The second kappa shape index (κ2) is 7.80. The predicted molar refractivity (Wildman–Crippen MR) is 48.9 cm³/mol. The minimum Gasteiger partial charge on any atom is -0.303 e. The Morgan fingerprint density at radius 3 is 2.73 bits per heavy atom. The van der Waals surface area contributed by atoms with Gasteiger partial charge in [0.15, 0.2) is 0 Å². The quantitative estimate of drug-likeness (QED) is 0.344. The lowest BCUT2D eigenvalue weighted by molar-refractivity contribution is -0.108. The summed E-state index contributed by atoms with van der Waals surface area (Å²) in [6, 6.07) is 0. The van der Waals surface area contributed by atoms with Gasteiger partial charge in [-0.1, -0.05) is 19.1 Å². The van der Waals surface area contributed by atoms with Crippen molar-refractivity contribution in [3.8, 4) is 0 Å². The van der Waals surface area contributed by atoms with E-state index in [4.69, 9.17) is 11.6 Å². The molecule has 0 aliphatic heterocycles. The molecule has 1 nitrogen and oxygen atoms in total. The van der Waals surface area contributed by atoms with Crippen molar-refractivity contribution in [2.24, 2.45) is 5.92 Å². The first-order chi connectivity index (χ1) is 5.31. The molecule has 0 saturated heterocycles. The first kappa shape index (κ1) is 10.7. The summed E-state index contributed by atoms with van der Waals surface area (Å²) in [5, 5.41) is 0. The zero-order valence-electron chi connectivity index (χ0n) is 6.92. The Bertz CT molecular complexity index is 121. The molecule has 0 saturated carbocycles. The molecular formula is C9H15ClO. The fraction of sp³-hybridized carbons (Fsp3) is 0.667. The highest BCUT2D eigenvalue weighted by Gasteiger charge is 1.97. The van der Waals surface area contributed by atoms with E-state index in [9.17, 15) is 4.79 Å². The minimum atomic E-state index is 0.507. The third-order valence-corrected chi connectivity index (χ3v) is 1.76. The summed E-state index contributed by atoms with van der Waals surface area (Å²) in [7, 11) is 0. The summed E-state index contributed by atoms with van der Waals surface area (Å²) in [6.45, 7) is 2.09. The van der Waals surface area contributed by atoms with E-state index in [0.29, 0.717) is 18.2 Å². The Morgan fingerprint density at radius 1 is 1.45 bits per heavy atom. The highest BCUT2D eigenvalue weighted by molar-refractivity contribution is 6.18. The molecule has 0 aliphatic carbocycles. The number of halogens is 1. The number of allylic oxidation sites excluding steroid dienone is 2. The topological polar surface area (TPSA) is 17.1 Å². The van der Waals surface area contributed by atoms with E-state index < -0.39 is 0 Å². The van der Waals surface area contributed by atoms with Gasteiger partial charge in [-0.2, -0.15) is 0 Å². The molecule has 0 spiro atoms. The van der Waals surface area contributed by atoms with Crippen LogP contribution in [0.15, 0.2) is 12.2 Å². The Balaban J connectivity index is 3.22. The van der Waals surface area contributed by atoms with Crippen LogP contribution in [-0.4, -0.2) is 12.2 Å². The number of carbonyl (C=O) groups excluding carboxylic acids is 1. The molecular weight excluding hydrogens is 160 g/mol. The Hall–Kier alpha value is -0.300. The molecule has 0 bridgehead atoms. The number of alkyl halides is 1. The molecule has 0 radical (unpaired) electrons. The van der Waals surface area contributed by atoms with Crippen LogP contribution in [0.25, 0.3) is 0 Å². The average molecular weight is 175 g/mol. The summed E-state index contributed by atoms with van der Waals surface area (Å²) >= 11 is 5.44. The molecule has 0 rings (SSSR count). The lowest BCUT2D eigenvalue weighted by atomic mass is 10.0. The Morgan fingerprint density at radius 2 is 2.18 bits per heavy atom. The van der Waals surface area contributed by atoms with Crippen molar-refractivity contribution in [2.45, 2.75) is 26.2 Å². The number of hydrogen-bond acceptors (Lipinski definition) is 1. The molecule has 64 valence electrons. The van der Waals surface area contributed by atoms with Gasteiger partial charge in [-0.25, -0.2) is 0 Å². The maximum Gasteiger partial charge on any atom is 0.120 e. The fourth-order valence-electron chi connectivity index (χ4n) is 0.844. The summed E-state index contributed by atoms with van der Waals surface area (Å²) < 4.78 is 0. The van der Waals surface area contributed by atoms with Gasteiger partial charge in [0, 0.05) is 12.3 Å². The largest absolute Gasteiger partial charge is 0.303 e. The molecule has 0 aliphatic rings. The Labute approximate surface area is 73.4 Å². The third-order valence-electron chi connectivity index (χ3n) is 1.58. The van der Waals surface area contributed by atoms with E-state index in [0.717, 1.165) is 19.1 Å². The van der Waals surface area contributed by atoms with Crippen LogP contribution in [0.2, 0.25) is 0 Å². The summed E-state index contributed by atoms with van der Waals surface area (Å²) in [5.41, 5.74) is 0. The fourth-order valence-corrected chi connectivity index (χ4v) is 0.970. The zero-order chi connectivity index (χ0) is 8.53. The lowest BCUT2D eigenvalue weighted by Crippen LogP contribution is -1.93. The lowest BCUT2D eigenvalue weighted by Gasteiger charge is -2.02. The molecule has 0 aromatic carbocycles. The van der Waals surface area contributed by atoms with Crippen molar-refractivity contribution in [3.63, 3.8) is 0 Å². The zero-order valence-corrected chi connectivity index (χ0v) is 7.68. The maximum atomic E-state index is 10.1. The molecule has 2 heteroatoms. The number of rotatable bonds is 6. The van der Waals surface area contributed by atoms with Crippen molar-refractivity contribution in [2.75, 3.05) is 5.88 Å². The molecule has 11 heavy (non-hydrogen) atoms. The Kier molecular flexibility index (Phi) is 7.59. The van der Waals surface area contributed by atoms with Crippen LogP contribution >= 0.6 is 11.6 Å². The number of carbonyl (C=O) groups is 1. The van der Waals surface area contributed by atoms with Crippen LogP contribution in [-0.2, 0) is 4.79 Å². The highest BCUT2D eigenvalue weighted by Crippen LogP contribution is 2.08. The van der Waals surface area contributed by atoms with E-state index in [-0.39, 0.29) is 0 Å². The maximum absolute atomic E-state index is 10.1. The van der Waals surface area contributed by atoms with Crippen LogP contribution < -0.4 is 0 Å². The third kappa shape index (κ3) is 7.60. The smallest absolute Gasteiger partial charge is 0.120 e. The second-order valence-electron chi connectivity index (χ2n) is 2.71. The van der Waals surface area contributed by atoms with Crippen molar-refractivity contribution < 1.29 is 4.79 Å². The SMILES string of the molecule is C[C@H](CC=O)CC/C=C\CCl. The molecule has 0 unspecified atom stereocenters. The van der Waals surface area contributed by atoms with Gasteiger partial charge in [-0.05, 0) is 18.8 Å². The van der Waals surface area contributed by atoms with Gasteiger partial charge in [0.05, 0.1) is 0 Å². The normalized spacial score (nSPS) is 13.6. The van der Waals surface area contributed by atoms with Gasteiger partial charge in [0.1, 0.15) is 6.29 Å². The number of aldehydes is 1. The van der Waals surface area contributed by atoms with Crippen LogP contribution in [0.4, 0.5) is 0 Å². The predicted octanol–water partition coefficient (Wildman–Crippen LogP) is 2.79. The van der Waals surface area contributed by atoms with Crippen molar-refractivity contribution in [3.05, 3.63) is 12.2 Å². The van der Waals surface area contributed by atoms with E-state index in [1.54, 1.807) is 0 Å². The average Bonchev–Trinajstić information content (AvgIpc) is 1.99. The second-order valence-corrected chi connectivity index (χ2v) is 3.02. The molecule has 0 aromatic rings. The monoisotopic (exact) mass is 174 g/mol. The summed E-state index contributed by atoms with van der Waals surface area (Å²) in [5.74, 6) is 1.09. The molecule has 0 heterocycles. The van der Waals surface area contributed by atoms with Crippen molar-refractivity contribution in [1.82, 2.24) is 0 Å². The molecule has 1 atom stereocenters. The number of hydrogen-bond donors (Lipinski definition) is 0. The van der Waals surface area contributed by atoms with Crippen LogP contribution in [0.1, 0.15) is 26.2 Å². The minimum absolute atomic E-state index is 0.507. The van der Waals surface area contributed by atoms with Gasteiger partial charge < -0.3 is 4.79 Å². The van der Waals surface area contributed by atoms with Crippen LogP contribution in [0, 0.1) is 5.92 Å². The van der Waals surface area contributed by atoms with Crippen molar-refractivity contribution >= 4 is 17.9 Å². The van der Waals surface area contributed by atoms with E-state index in [1.165, 1.54) is 0 Å². The summed E-state index contributed by atoms with van der Waals surface area (Å²) in [6.07, 6.45) is 7.77. The molecule has 0 fully saturated rings. The molecule has 0 aromatic heterocycles. The summed E-state index contributed by atoms with van der Waals surface area (Å²) in [4.78, 5) is 10.1. The van der Waals surface area contributed by atoms with Crippen LogP contribution in [0.5, 0.6) is 0 Å². The first-order valence-corrected chi connectivity index (χ1v) is 4.49. The van der Waals surface area contributed by atoms with E-state index in [1.807, 2.05) is 6.08 Å². The van der Waals surface area contributed by atoms with Crippen LogP contribution in [0.3, 0.4) is 0 Å². The van der Waals surface area contributed by atoms with E-state index in [2.05, 4.69) is 13.0 Å².